The minimum atomic E-state index is -4.57. The first-order valence-electron chi connectivity index (χ1n) is 17.4. The third kappa shape index (κ3) is 7.79. The van der Waals surface area contributed by atoms with Gasteiger partial charge in [0.1, 0.15) is 5.71 Å². The van der Waals surface area contributed by atoms with Crippen LogP contribution >= 0.6 is 0 Å². The average Bonchev–Trinajstić information content (AvgIpc) is 3.54. The summed E-state index contributed by atoms with van der Waals surface area (Å²) in [7, 11) is -9.13. The monoisotopic (exact) mass is 803 g/mol. The Bertz CT molecular complexity index is 2470. The third-order valence-corrected chi connectivity index (χ3v) is 13.1. The summed E-state index contributed by atoms with van der Waals surface area (Å²) in [6, 6.07) is 38.7. The van der Waals surface area contributed by atoms with E-state index in [2.05, 4.69) is 5.16 Å². The lowest BCUT2D eigenvalue weighted by molar-refractivity contribution is -0.386. The number of hydrogen-bond acceptors (Lipinski definition) is 10. The molecule has 288 valence electrons. The Hall–Kier alpha value is -6.59. The summed E-state index contributed by atoms with van der Waals surface area (Å²) < 4.78 is 60.4. The van der Waals surface area contributed by atoms with Crippen LogP contribution in [-0.2, 0) is 46.2 Å². The Morgan fingerprint density at radius 3 is 1.02 bits per heavy atom. The summed E-state index contributed by atoms with van der Waals surface area (Å²) in [6.07, 6.45) is 0. The number of oxime groups is 1. The van der Waals surface area contributed by atoms with Crippen LogP contribution in [0.4, 0.5) is 11.4 Å². The first kappa shape index (κ1) is 38.7. The van der Waals surface area contributed by atoms with E-state index in [1.54, 1.807) is 121 Å². The van der Waals surface area contributed by atoms with Crippen molar-refractivity contribution in [2.75, 3.05) is 0 Å². The zero-order valence-corrected chi connectivity index (χ0v) is 31.6. The van der Waals surface area contributed by atoms with Gasteiger partial charge in [-0.1, -0.05) is 126 Å². The maximum Gasteiger partial charge on any atom is 0.279 e. The molecule has 0 heterocycles. The highest BCUT2D eigenvalue weighted by molar-refractivity contribution is 7.89. The molecule has 1 aliphatic carbocycles. The fraction of sp³-hybridized carbons (Fsp3) is 0.0976. The van der Waals surface area contributed by atoms with Crippen LogP contribution in [0.15, 0.2) is 161 Å². The summed E-state index contributed by atoms with van der Waals surface area (Å²) in [5.41, 5.74) is -0.961. The van der Waals surface area contributed by atoms with Gasteiger partial charge in [0.2, 0.25) is 20.0 Å². The smallest absolute Gasteiger partial charge is 0.279 e. The molecular formula is C41H33N5O9S2. The van der Waals surface area contributed by atoms with E-state index in [-0.39, 0.29) is 48.4 Å². The van der Waals surface area contributed by atoms with Crippen molar-refractivity contribution in [3.05, 3.63) is 199 Å². The molecule has 0 aliphatic heterocycles. The molecule has 1 N–H and O–H groups in total. The second kappa shape index (κ2) is 15.9. The highest BCUT2D eigenvalue weighted by Gasteiger charge is 2.42. The van der Waals surface area contributed by atoms with E-state index in [1.165, 1.54) is 0 Å². The molecule has 0 saturated carbocycles. The van der Waals surface area contributed by atoms with Crippen LogP contribution in [0.5, 0.6) is 0 Å². The van der Waals surface area contributed by atoms with Crippen molar-refractivity contribution in [3.63, 3.8) is 0 Å². The molecule has 0 amide bonds. The van der Waals surface area contributed by atoms with Crippen molar-refractivity contribution >= 4 is 37.1 Å². The van der Waals surface area contributed by atoms with Gasteiger partial charge in [-0.15, -0.1) is 0 Å². The largest absolute Gasteiger partial charge is 0.410 e. The molecule has 0 saturated heterocycles. The standard InChI is InChI=1S/C41H33N5O9S2/c47-42-41-35-21-33(56(52,53)43(25-29-13-5-1-6-14-29)26-30-15-7-2-8-16-30)23-37(45(48)49)39(35)40-36(41)22-34(24-38(40)46(50)51)57(54,55)44(27-31-17-9-3-10-18-31)28-32-19-11-4-12-20-32/h1-24,47H,25-28H2. The normalized spacial score (nSPS) is 12.4. The lowest BCUT2D eigenvalue weighted by Crippen LogP contribution is -2.30. The van der Waals surface area contributed by atoms with Gasteiger partial charge in [0.05, 0.1) is 30.8 Å². The van der Waals surface area contributed by atoms with Crippen LogP contribution in [0, 0.1) is 20.2 Å². The number of nitro benzene ring substituents is 2. The molecule has 6 aromatic rings. The Balaban J connectivity index is 1.37. The number of sulfonamides is 2. The highest BCUT2D eigenvalue weighted by atomic mass is 32.2. The molecule has 0 fully saturated rings. The number of hydrogen-bond donors (Lipinski definition) is 1. The zero-order valence-electron chi connectivity index (χ0n) is 30.0. The molecule has 1 aliphatic rings. The summed E-state index contributed by atoms with van der Waals surface area (Å²) in [5, 5.41) is 39.3. The summed E-state index contributed by atoms with van der Waals surface area (Å²) >= 11 is 0. The number of nitrogens with zero attached hydrogens (tertiary/aromatic N) is 5. The lowest BCUT2D eigenvalue weighted by atomic mass is 10.0. The minimum absolute atomic E-state index is 0.112. The first-order valence-corrected chi connectivity index (χ1v) is 20.3. The van der Waals surface area contributed by atoms with Crippen molar-refractivity contribution in [2.45, 2.75) is 36.0 Å². The molecular weight excluding hydrogens is 771 g/mol. The Kier molecular flexibility index (Phi) is 10.8. The third-order valence-electron chi connectivity index (χ3n) is 9.52. The minimum Gasteiger partial charge on any atom is -0.410 e. The van der Waals surface area contributed by atoms with E-state index in [0.717, 1.165) is 32.9 Å². The molecule has 0 spiro atoms. The van der Waals surface area contributed by atoms with Crippen molar-refractivity contribution in [3.8, 4) is 11.1 Å². The quantitative estimate of drug-likeness (QED) is 0.0659. The predicted octanol–water partition coefficient (Wildman–Crippen LogP) is 7.49. The maximum absolute atomic E-state index is 14.5. The first-order chi connectivity index (χ1) is 27.4. The lowest BCUT2D eigenvalue weighted by Gasteiger charge is -2.23. The Morgan fingerprint density at radius 2 is 0.772 bits per heavy atom. The molecule has 57 heavy (non-hydrogen) atoms. The molecule has 0 aromatic heterocycles. The van der Waals surface area contributed by atoms with Gasteiger partial charge in [-0.25, -0.2) is 16.8 Å². The van der Waals surface area contributed by atoms with Gasteiger partial charge in [0, 0.05) is 49.4 Å². The van der Waals surface area contributed by atoms with Crippen LogP contribution in [0.3, 0.4) is 0 Å². The van der Waals surface area contributed by atoms with E-state index in [0.29, 0.717) is 22.3 Å². The van der Waals surface area contributed by atoms with Gasteiger partial charge >= 0.3 is 0 Å². The average molecular weight is 804 g/mol. The Labute approximate surface area is 328 Å². The summed E-state index contributed by atoms with van der Waals surface area (Å²) in [6.45, 7) is -0.447. The summed E-state index contributed by atoms with van der Waals surface area (Å²) in [4.78, 5) is 22.7. The molecule has 0 bridgehead atoms. The van der Waals surface area contributed by atoms with Crippen LogP contribution < -0.4 is 0 Å². The SMILES string of the molecule is O=[N+]([O-])c1cc(S(=O)(=O)N(Cc2ccccc2)Cc2ccccc2)cc2c1-c1c(cc(S(=O)(=O)N(Cc3ccccc3)Cc3ccccc3)cc1[N+](=O)[O-])C2=NO. The molecule has 0 atom stereocenters. The van der Waals surface area contributed by atoms with Crippen molar-refractivity contribution in [1.82, 2.24) is 8.61 Å². The van der Waals surface area contributed by atoms with Crippen LogP contribution in [0.25, 0.3) is 11.1 Å². The topological polar surface area (TPSA) is 194 Å². The van der Waals surface area contributed by atoms with E-state index in [1.807, 2.05) is 0 Å². The van der Waals surface area contributed by atoms with Gasteiger partial charge in [-0.3, -0.25) is 20.2 Å². The van der Waals surface area contributed by atoms with E-state index >= 15 is 0 Å². The fourth-order valence-corrected chi connectivity index (χ4v) is 9.76. The van der Waals surface area contributed by atoms with Gasteiger partial charge in [0.25, 0.3) is 11.4 Å². The van der Waals surface area contributed by atoms with E-state index < -0.39 is 56.8 Å². The van der Waals surface area contributed by atoms with Crippen molar-refractivity contribution in [2.24, 2.45) is 5.16 Å². The molecule has 0 unspecified atom stereocenters. The summed E-state index contributed by atoms with van der Waals surface area (Å²) in [5.74, 6) is 0. The van der Waals surface area contributed by atoms with Crippen LogP contribution in [0.2, 0.25) is 0 Å². The molecule has 6 aromatic carbocycles. The van der Waals surface area contributed by atoms with Gasteiger partial charge in [-0.2, -0.15) is 8.61 Å². The van der Waals surface area contributed by atoms with Gasteiger partial charge in [-0.05, 0) is 34.4 Å². The van der Waals surface area contributed by atoms with Crippen LogP contribution in [-0.4, -0.2) is 46.2 Å². The zero-order chi connectivity index (χ0) is 40.3. The second-order valence-electron chi connectivity index (χ2n) is 13.2. The molecule has 7 rings (SSSR count). The van der Waals surface area contributed by atoms with Crippen molar-refractivity contribution in [1.29, 1.82) is 0 Å². The Morgan fingerprint density at radius 1 is 0.491 bits per heavy atom. The molecule has 16 heteroatoms. The maximum atomic E-state index is 14.5. The van der Waals surface area contributed by atoms with E-state index in [4.69, 9.17) is 0 Å². The van der Waals surface area contributed by atoms with Gasteiger partial charge in [0.15, 0.2) is 0 Å². The number of nitro groups is 2. The van der Waals surface area contributed by atoms with E-state index in [9.17, 15) is 42.3 Å². The number of benzene rings is 6. The van der Waals surface area contributed by atoms with Gasteiger partial charge < -0.3 is 5.21 Å². The van der Waals surface area contributed by atoms with Crippen LogP contribution in [0.1, 0.15) is 33.4 Å². The molecule has 0 radical (unpaired) electrons. The van der Waals surface area contributed by atoms with Crippen molar-refractivity contribution < 1.29 is 31.9 Å². The fourth-order valence-electron chi connectivity index (χ4n) is 6.84. The predicted molar refractivity (Wildman–Crippen MR) is 211 cm³/mol. The molecule has 14 nitrogen and oxygen atoms in total. The number of rotatable bonds is 14. The highest BCUT2D eigenvalue weighted by Crippen LogP contribution is 2.49. The number of fused-ring (bicyclic) bond motifs is 3. The second-order valence-corrected chi connectivity index (χ2v) is 17.1.